The van der Waals surface area contributed by atoms with Crippen LogP contribution >= 0.6 is 0 Å². The van der Waals surface area contributed by atoms with Gasteiger partial charge in [0, 0.05) is 19.8 Å². The summed E-state index contributed by atoms with van der Waals surface area (Å²) in [5.41, 5.74) is -3.66. The third kappa shape index (κ3) is 2.09. The van der Waals surface area contributed by atoms with Crippen LogP contribution in [0.5, 0.6) is 0 Å². The van der Waals surface area contributed by atoms with E-state index in [1.54, 1.807) is 13.0 Å². The molecule has 3 aliphatic rings. The number of fused-ring (bicyclic) bond motifs is 4. The van der Waals surface area contributed by atoms with Crippen molar-refractivity contribution >= 4 is 17.5 Å². The molecule has 1 aromatic rings. The van der Waals surface area contributed by atoms with Crippen LogP contribution in [-0.4, -0.2) is 45.6 Å². The fraction of sp³-hybridized carbons (Fsp3) is 0.667. The number of carbonyl (C=O) groups is 3. The van der Waals surface area contributed by atoms with E-state index < -0.39 is 46.4 Å². The molecule has 7 heteroatoms. The molecule has 0 radical (unpaired) electrons. The van der Waals surface area contributed by atoms with E-state index in [1.807, 2.05) is 13.8 Å². The number of rotatable bonds is 1. The number of carbonyl (C=O) groups excluding carboxylic acids is 3. The summed E-state index contributed by atoms with van der Waals surface area (Å²) in [6.07, 6.45) is -0.502. The van der Waals surface area contributed by atoms with Crippen molar-refractivity contribution in [2.75, 3.05) is 0 Å². The predicted octanol–water partition coefficient (Wildman–Crippen LogP) is 1.68. The third-order valence-corrected chi connectivity index (χ3v) is 7.66. The van der Waals surface area contributed by atoms with Crippen LogP contribution < -0.4 is 0 Å². The van der Waals surface area contributed by atoms with Gasteiger partial charge in [-0.1, -0.05) is 13.8 Å². The van der Waals surface area contributed by atoms with Gasteiger partial charge in [0.05, 0.1) is 23.2 Å². The third-order valence-electron chi connectivity index (χ3n) is 7.66. The number of hydrogen-bond donors (Lipinski definition) is 2. The van der Waals surface area contributed by atoms with Gasteiger partial charge in [-0.05, 0) is 30.7 Å². The molecule has 3 aliphatic carbocycles. The summed E-state index contributed by atoms with van der Waals surface area (Å²) in [4.78, 5) is 38.3. The number of furan rings is 1. The van der Waals surface area contributed by atoms with Crippen LogP contribution in [0.25, 0.3) is 0 Å². The molecular weight excluding hydrogens is 364 g/mol. The maximum Gasteiger partial charge on any atom is 0.303 e. The molecule has 28 heavy (non-hydrogen) atoms. The molecule has 0 bridgehead atoms. The normalized spacial score (nSPS) is 41.6. The van der Waals surface area contributed by atoms with Crippen LogP contribution in [-0.2, 0) is 20.7 Å². The first-order valence-corrected chi connectivity index (χ1v) is 9.68. The van der Waals surface area contributed by atoms with E-state index in [4.69, 9.17) is 9.15 Å². The summed E-state index contributed by atoms with van der Waals surface area (Å²) >= 11 is 0. The number of aliphatic hydroxyl groups excluding tert-OH is 1. The van der Waals surface area contributed by atoms with E-state index in [1.165, 1.54) is 13.2 Å². The summed E-state index contributed by atoms with van der Waals surface area (Å²) in [5.74, 6) is -2.36. The number of Topliss-reactive ketones (excluding diaryl/α,β-unsaturated/α-hetero) is 2. The molecule has 2 saturated carbocycles. The lowest BCUT2D eigenvalue weighted by Gasteiger charge is -2.66. The number of aliphatic hydroxyl groups is 2. The van der Waals surface area contributed by atoms with Gasteiger partial charge >= 0.3 is 5.97 Å². The Morgan fingerprint density at radius 3 is 2.61 bits per heavy atom. The Morgan fingerprint density at radius 2 is 1.96 bits per heavy atom. The zero-order chi connectivity index (χ0) is 20.6. The molecule has 0 spiro atoms. The van der Waals surface area contributed by atoms with E-state index >= 15 is 0 Å². The van der Waals surface area contributed by atoms with Crippen LogP contribution in [0.3, 0.4) is 0 Å². The number of ether oxygens (including phenoxy) is 1. The summed E-state index contributed by atoms with van der Waals surface area (Å²) in [7, 11) is 0. The number of ketones is 2. The van der Waals surface area contributed by atoms with Crippen molar-refractivity contribution < 1.29 is 33.8 Å². The van der Waals surface area contributed by atoms with Crippen LogP contribution in [0.15, 0.2) is 16.7 Å². The van der Waals surface area contributed by atoms with Gasteiger partial charge in [-0.2, -0.15) is 0 Å². The second-order valence-electron chi connectivity index (χ2n) is 9.25. The molecule has 152 valence electrons. The molecule has 1 heterocycles. The first-order chi connectivity index (χ1) is 13.0. The van der Waals surface area contributed by atoms with Crippen molar-refractivity contribution in [1.29, 1.82) is 0 Å². The molecule has 0 aliphatic heterocycles. The summed E-state index contributed by atoms with van der Waals surface area (Å²) in [6, 6.07) is 1.55. The molecule has 6 atom stereocenters. The minimum atomic E-state index is -1.83. The van der Waals surface area contributed by atoms with Gasteiger partial charge in [-0.15, -0.1) is 0 Å². The first-order valence-electron chi connectivity index (χ1n) is 9.68. The predicted molar refractivity (Wildman–Crippen MR) is 96.4 cm³/mol. The van der Waals surface area contributed by atoms with Crippen molar-refractivity contribution in [3.8, 4) is 0 Å². The van der Waals surface area contributed by atoms with E-state index in [0.29, 0.717) is 17.7 Å². The van der Waals surface area contributed by atoms with Crippen LogP contribution in [0.4, 0.5) is 0 Å². The molecule has 2 N–H and O–H groups in total. The molecule has 0 saturated heterocycles. The largest absolute Gasteiger partial charge is 0.469 e. The summed E-state index contributed by atoms with van der Waals surface area (Å²) in [5, 5.41) is 23.2. The highest BCUT2D eigenvalue weighted by atomic mass is 16.6. The van der Waals surface area contributed by atoms with Gasteiger partial charge in [-0.3, -0.25) is 14.4 Å². The fourth-order valence-electron chi connectivity index (χ4n) is 6.09. The van der Waals surface area contributed by atoms with Crippen molar-refractivity contribution in [3.63, 3.8) is 0 Å². The second kappa shape index (κ2) is 5.76. The molecule has 6 unspecified atom stereocenters. The Hall–Kier alpha value is -1.99. The van der Waals surface area contributed by atoms with Gasteiger partial charge in [0.2, 0.25) is 0 Å². The maximum absolute atomic E-state index is 13.3. The number of hydrogen-bond acceptors (Lipinski definition) is 7. The Bertz CT molecular complexity index is 868. The summed E-state index contributed by atoms with van der Waals surface area (Å²) in [6.45, 7) is 6.46. The highest BCUT2D eigenvalue weighted by Crippen LogP contribution is 2.64. The fourth-order valence-corrected chi connectivity index (χ4v) is 6.09. The Morgan fingerprint density at radius 1 is 1.29 bits per heavy atom. The van der Waals surface area contributed by atoms with E-state index in [2.05, 4.69) is 0 Å². The van der Waals surface area contributed by atoms with Crippen LogP contribution in [0.1, 0.15) is 56.7 Å². The van der Waals surface area contributed by atoms with Crippen molar-refractivity contribution in [2.24, 2.45) is 22.7 Å². The van der Waals surface area contributed by atoms with Gasteiger partial charge in [0.1, 0.15) is 23.2 Å². The van der Waals surface area contributed by atoms with Crippen molar-refractivity contribution in [2.45, 2.75) is 64.8 Å². The zero-order valence-corrected chi connectivity index (χ0v) is 16.5. The highest BCUT2D eigenvalue weighted by Gasteiger charge is 2.76. The van der Waals surface area contributed by atoms with Crippen molar-refractivity contribution in [1.82, 2.24) is 0 Å². The maximum atomic E-state index is 13.3. The Labute approximate surface area is 163 Å². The SMILES string of the molecule is CC(=O)OC1C(O)C2C(=O)c3ccoc3CC2C2(C)C(=O)CCC(C)(C)C12O. The average Bonchev–Trinajstić information content (AvgIpc) is 3.09. The van der Waals surface area contributed by atoms with E-state index in [9.17, 15) is 24.6 Å². The van der Waals surface area contributed by atoms with Gasteiger partial charge in [0.25, 0.3) is 0 Å². The quantitative estimate of drug-likeness (QED) is 0.701. The lowest BCUT2D eigenvalue weighted by molar-refractivity contribution is -0.294. The van der Waals surface area contributed by atoms with Gasteiger partial charge in [-0.25, -0.2) is 0 Å². The van der Waals surface area contributed by atoms with E-state index in [0.717, 1.165) is 0 Å². The minimum Gasteiger partial charge on any atom is -0.469 e. The number of esters is 1. The highest BCUT2D eigenvalue weighted by molar-refractivity contribution is 6.02. The lowest BCUT2D eigenvalue weighted by atomic mass is 9.40. The van der Waals surface area contributed by atoms with Gasteiger partial charge in [0.15, 0.2) is 11.9 Å². The first kappa shape index (κ1) is 19.3. The van der Waals surface area contributed by atoms with E-state index in [-0.39, 0.29) is 24.4 Å². The van der Waals surface area contributed by atoms with Crippen LogP contribution in [0.2, 0.25) is 0 Å². The molecule has 0 amide bonds. The topological polar surface area (TPSA) is 114 Å². The molecule has 2 fully saturated rings. The minimum absolute atomic E-state index is 0.184. The Balaban J connectivity index is 1.97. The molecule has 1 aromatic heterocycles. The Kier molecular flexibility index (Phi) is 3.98. The molecule has 7 nitrogen and oxygen atoms in total. The van der Waals surface area contributed by atoms with Gasteiger partial charge < -0.3 is 19.4 Å². The van der Waals surface area contributed by atoms with Crippen molar-refractivity contribution in [3.05, 3.63) is 23.7 Å². The molecular formula is C21H26O7. The smallest absolute Gasteiger partial charge is 0.303 e. The van der Waals surface area contributed by atoms with Crippen LogP contribution in [0, 0.1) is 22.7 Å². The lowest BCUT2D eigenvalue weighted by Crippen LogP contribution is -2.79. The monoisotopic (exact) mass is 390 g/mol. The zero-order valence-electron chi connectivity index (χ0n) is 16.5. The average molecular weight is 390 g/mol. The second-order valence-corrected chi connectivity index (χ2v) is 9.25. The molecule has 0 aromatic carbocycles. The summed E-state index contributed by atoms with van der Waals surface area (Å²) < 4.78 is 10.9. The standard InChI is InChI=1S/C21H26O7/c1-10(22)28-18-17(25)15-12(9-13-11(16(15)24)6-8-27-13)20(4)14(23)5-7-19(2,3)21(18,20)26/h6,8,12,15,17-18,25-26H,5,7,9H2,1-4H3. The molecule has 4 rings (SSSR count).